The van der Waals surface area contributed by atoms with Crippen LogP contribution >= 0.6 is 0 Å². The van der Waals surface area contributed by atoms with Crippen molar-refractivity contribution < 1.29 is 13.6 Å². The summed E-state index contributed by atoms with van der Waals surface area (Å²) in [5.41, 5.74) is 0.759. The number of amides is 1. The Hall–Kier alpha value is -1.98. The summed E-state index contributed by atoms with van der Waals surface area (Å²) < 4.78 is 27.7. The molecule has 3 rings (SSSR count). The Morgan fingerprint density at radius 2 is 2.11 bits per heavy atom. The topological polar surface area (TPSA) is 46.9 Å². The molecule has 1 aromatic carbocycles. The molecule has 100 valence electrons. The lowest BCUT2D eigenvalue weighted by atomic mass is 10.3. The molecule has 1 aliphatic carbocycles. The third kappa shape index (κ3) is 2.57. The molecule has 1 fully saturated rings. The van der Waals surface area contributed by atoms with Crippen molar-refractivity contribution in [3.8, 4) is 0 Å². The Labute approximate surface area is 108 Å². The molecule has 1 N–H and O–H groups in total. The van der Waals surface area contributed by atoms with Crippen LogP contribution in [0.2, 0.25) is 0 Å². The summed E-state index contributed by atoms with van der Waals surface area (Å²) in [5.74, 6) is -1.41. The monoisotopic (exact) mass is 265 g/mol. The SMILES string of the molecule is O=C(Cn1cnc2cc(F)c(F)cc21)NCC1CC1. The molecule has 1 aromatic heterocycles. The Bertz CT molecular complexity index is 634. The zero-order chi connectivity index (χ0) is 13.4. The minimum Gasteiger partial charge on any atom is -0.354 e. The van der Waals surface area contributed by atoms with Crippen LogP contribution in [0.15, 0.2) is 18.5 Å². The molecule has 1 aliphatic rings. The van der Waals surface area contributed by atoms with Crippen LogP contribution in [-0.2, 0) is 11.3 Å². The minimum atomic E-state index is -0.937. The van der Waals surface area contributed by atoms with Gasteiger partial charge in [-0.25, -0.2) is 13.8 Å². The minimum absolute atomic E-state index is 0.0638. The van der Waals surface area contributed by atoms with Gasteiger partial charge in [0.1, 0.15) is 6.54 Å². The van der Waals surface area contributed by atoms with Gasteiger partial charge in [-0.1, -0.05) is 0 Å². The number of nitrogens with one attached hydrogen (secondary N) is 1. The van der Waals surface area contributed by atoms with Gasteiger partial charge in [0, 0.05) is 18.7 Å². The molecule has 2 aromatic rings. The number of benzene rings is 1. The fourth-order valence-electron chi connectivity index (χ4n) is 1.97. The molecule has 19 heavy (non-hydrogen) atoms. The highest BCUT2D eigenvalue weighted by molar-refractivity contribution is 5.80. The first-order valence-electron chi connectivity index (χ1n) is 6.20. The van der Waals surface area contributed by atoms with Crippen molar-refractivity contribution in [2.45, 2.75) is 19.4 Å². The summed E-state index contributed by atoms with van der Waals surface area (Å²) in [4.78, 5) is 15.7. The van der Waals surface area contributed by atoms with Crippen LogP contribution in [0.1, 0.15) is 12.8 Å². The summed E-state index contributed by atoms with van der Waals surface area (Å²) in [6.45, 7) is 0.753. The second-order valence-electron chi connectivity index (χ2n) is 4.87. The first kappa shape index (κ1) is 12.1. The standard InChI is InChI=1S/C13H13F2N3O/c14-9-3-11-12(4-10(9)15)18(7-17-11)6-13(19)16-5-8-1-2-8/h3-4,7-8H,1-2,5-6H2,(H,16,19). The number of carbonyl (C=O) groups is 1. The van der Waals surface area contributed by atoms with E-state index in [1.807, 2.05) is 0 Å². The quantitative estimate of drug-likeness (QED) is 0.917. The highest BCUT2D eigenvalue weighted by atomic mass is 19.2. The number of nitrogens with zero attached hydrogens (tertiary/aromatic N) is 2. The average Bonchev–Trinajstić information content (AvgIpc) is 3.14. The number of imidazole rings is 1. The second kappa shape index (κ2) is 4.60. The normalized spacial score (nSPS) is 14.8. The summed E-state index contributed by atoms with van der Waals surface area (Å²) in [7, 11) is 0. The van der Waals surface area contributed by atoms with Gasteiger partial charge in [-0.2, -0.15) is 0 Å². The Balaban J connectivity index is 1.76. The molecule has 0 atom stereocenters. The van der Waals surface area contributed by atoms with Crippen molar-refractivity contribution in [2.75, 3.05) is 6.54 Å². The van der Waals surface area contributed by atoms with Gasteiger partial charge in [0.2, 0.25) is 5.91 Å². The Morgan fingerprint density at radius 1 is 1.37 bits per heavy atom. The predicted molar refractivity (Wildman–Crippen MR) is 65.4 cm³/mol. The smallest absolute Gasteiger partial charge is 0.240 e. The molecule has 6 heteroatoms. The number of rotatable bonds is 4. The third-order valence-corrected chi connectivity index (χ3v) is 3.26. The highest BCUT2D eigenvalue weighted by Crippen LogP contribution is 2.27. The number of carbonyl (C=O) groups excluding carboxylic acids is 1. The van der Waals surface area contributed by atoms with Crippen LogP contribution in [0.3, 0.4) is 0 Å². The third-order valence-electron chi connectivity index (χ3n) is 3.26. The van der Waals surface area contributed by atoms with Crippen molar-refractivity contribution in [1.82, 2.24) is 14.9 Å². The van der Waals surface area contributed by atoms with Crippen LogP contribution < -0.4 is 5.32 Å². The average molecular weight is 265 g/mol. The van der Waals surface area contributed by atoms with Gasteiger partial charge in [0.05, 0.1) is 17.4 Å². The highest BCUT2D eigenvalue weighted by Gasteiger charge is 2.21. The lowest BCUT2D eigenvalue weighted by Crippen LogP contribution is -2.29. The van der Waals surface area contributed by atoms with Gasteiger partial charge in [-0.05, 0) is 18.8 Å². The molecule has 0 radical (unpaired) electrons. The van der Waals surface area contributed by atoms with E-state index in [9.17, 15) is 13.6 Å². The fourth-order valence-corrected chi connectivity index (χ4v) is 1.97. The largest absolute Gasteiger partial charge is 0.354 e. The molecule has 0 unspecified atom stereocenters. The van der Waals surface area contributed by atoms with Gasteiger partial charge in [0.25, 0.3) is 0 Å². The fraction of sp³-hybridized carbons (Fsp3) is 0.385. The van der Waals surface area contributed by atoms with E-state index in [1.165, 1.54) is 23.7 Å². The maximum atomic E-state index is 13.2. The lowest BCUT2D eigenvalue weighted by molar-refractivity contribution is -0.121. The molecular formula is C13H13F2N3O. The van der Waals surface area contributed by atoms with Crippen LogP contribution in [0, 0.1) is 17.6 Å². The second-order valence-corrected chi connectivity index (χ2v) is 4.87. The Kier molecular flexibility index (Phi) is 2.93. The molecule has 0 bridgehead atoms. The van der Waals surface area contributed by atoms with Crippen LogP contribution in [0.25, 0.3) is 11.0 Å². The van der Waals surface area contributed by atoms with Crippen molar-refractivity contribution in [3.05, 3.63) is 30.1 Å². The van der Waals surface area contributed by atoms with Gasteiger partial charge in [-0.15, -0.1) is 0 Å². The number of hydrogen-bond acceptors (Lipinski definition) is 2. The molecule has 1 saturated carbocycles. The summed E-state index contributed by atoms with van der Waals surface area (Å²) in [6.07, 6.45) is 3.75. The van der Waals surface area contributed by atoms with Crippen molar-refractivity contribution in [1.29, 1.82) is 0 Å². The molecule has 1 heterocycles. The molecule has 4 nitrogen and oxygen atoms in total. The van der Waals surface area contributed by atoms with E-state index >= 15 is 0 Å². The van der Waals surface area contributed by atoms with E-state index in [0.29, 0.717) is 23.5 Å². The number of aromatic nitrogens is 2. The van der Waals surface area contributed by atoms with E-state index in [4.69, 9.17) is 0 Å². The van der Waals surface area contributed by atoms with E-state index in [1.54, 1.807) is 0 Å². The van der Waals surface area contributed by atoms with Crippen LogP contribution in [-0.4, -0.2) is 22.0 Å². The predicted octanol–water partition coefficient (Wildman–Crippen LogP) is 1.84. The lowest BCUT2D eigenvalue weighted by Gasteiger charge is -2.06. The van der Waals surface area contributed by atoms with E-state index in [-0.39, 0.29) is 12.5 Å². The molecule has 0 aliphatic heterocycles. The van der Waals surface area contributed by atoms with Gasteiger partial charge >= 0.3 is 0 Å². The molecule has 0 saturated heterocycles. The van der Waals surface area contributed by atoms with E-state index < -0.39 is 11.6 Å². The van der Waals surface area contributed by atoms with Gasteiger partial charge in [-0.3, -0.25) is 4.79 Å². The summed E-state index contributed by atoms with van der Waals surface area (Å²) in [6, 6.07) is 2.09. The van der Waals surface area contributed by atoms with Crippen LogP contribution in [0.5, 0.6) is 0 Å². The van der Waals surface area contributed by atoms with Crippen molar-refractivity contribution >= 4 is 16.9 Å². The summed E-state index contributed by atoms with van der Waals surface area (Å²) >= 11 is 0. The zero-order valence-corrected chi connectivity index (χ0v) is 10.2. The molecular weight excluding hydrogens is 252 g/mol. The number of halogens is 2. The maximum absolute atomic E-state index is 13.2. The first-order chi connectivity index (χ1) is 9.13. The van der Waals surface area contributed by atoms with Crippen molar-refractivity contribution in [2.24, 2.45) is 5.92 Å². The Morgan fingerprint density at radius 3 is 2.84 bits per heavy atom. The molecule has 1 amide bonds. The number of fused-ring (bicyclic) bond motifs is 1. The van der Waals surface area contributed by atoms with Crippen LogP contribution in [0.4, 0.5) is 8.78 Å². The van der Waals surface area contributed by atoms with E-state index in [0.717, 1.165) is 12.1 Å². The maximum Gasteiger partial charge on any atom is 0.240 e. The van der Waals surface area contributed by atoms with Gasteiger partial charge in [0.15, 0.2) is 11.6 Å². The number of hydrogen-bond donors (Lipinski definition) is 1. The van der Waals surface area contributed by atoms with Crippen molar-refractivity contribution in [3.63, 3.8) is 0 Å². The summed E-state index contributed by atoms with van der Waals surface area (Å²) in [5, 5.41) is 2.82. The first-order valence-corrected chi connectivity index (χ1v) is 6.20. The van der Waals surface area contributed by atoms with E-state index in [2.05, 4.69) is 10.3 Å². The molecule has 0 spiro atoms. The zero-order valence-electron chi connectivity index (χ0n) is 10.2. The van der Waals surface area contributed by atoms with Gasteiger partial charge < -0.3 is 9.88 Å².